The molecule has 2 fully saturated rings. The Hall–Kier alpha value is -2.91. The summed E-state index contributed by atoms with van der Waals surface area (Å²) in [6.07, 6.45) is 6.16. The van der Waals surface area contributed by atoms with E-state index >= 15 is 0 Å². The number of ether oxygens (including phenoxy) is 1. The van der Waals surface area contributed by atoms with E-state index in [1.54, 1.807) is 0 Å². The molecule has 6 nitrogen and oxygen atoms in total. The molecule has 0 radical (unpaired) electrons. The molecule has 2 heterocycles. The van der Waals surface area contributed by atoms with Crippen LogP contribution >= 0.6 is 0 Å². The summed E-state index contributed by atoms with van der Waals surface area (Å²) in [6.45, 7) is 4.12. The average Bonchev–Trinajstić information content (AvgIpc) is 2.75. The van der Waals surface area contributed by atoms with E-state index in [1.807, 2.05) is 25.1 Å². The molecule has 1 aliphatic carbocycles. The average molecular weight is 420 g/mol. The number of hydrogen-bond acceptors (Lipinski definition) is 5. The Labute approximate surface area is 183 Å². The number of hydrogen-bond donors (Lipinski definition) is 1. The third kappa shape index (κ3) is 5.05. The predicted molar refractivity (Wildman–Crippen MR) is 117 cm³/mol. The minimum Gasteiger partial charge on any atom is -0.487 e. The molecule has 1 saturated carbocycles. The maximum absolute atomic E-state index is 10.9. The molecule has 2 aromatic rings. The highest BCUT2D eigenvalue weighted by Gasteiger charge is 2.32. The molecule has 162 valence electrons. The number of benzene rings is 1. The molecule has 1 aromatic carbocycles. The van der Waals surface area contributed by atoms with Crippen LogP contribution in [0.15, 0.2) is 30.3 Å². The summed E-state index contributed by atoms with van der Waals surface area (Å²) in [7, 11) is 0. The molecule has 0 spiro atoms. The van der Waals surface area contributed by atoms with Crippen molar-refractivity contribution in [1.29, 1.82) is 5.26 Å². The van der Waals surface area contributed by atoms with E-state index in [1.165, 1.54) is 37.7 Å². The first-order chi connectivity index (χ1) is 15.0. The van der Waals surface area contributed by atoms with Gasteiger partial charge in [-0.3, -0.25) is 14.7 Å². The predicted octanol–water partition coefficient (Wildman–Crippen LogP) is 4.40. The minimum atomic E-state index is -0.726. The van der Waals surface area contributed by atoms with Gasteiger partial charge in [0.2, 0.25) is 0 Å². The number of aryl methyl sites for hydroxylation is 1. The van der Waals surface area contributed by atoms with Gasteiger partial charge in [0.15, 0.2) is 0 Å². The van der Waals surface area contributed by atoms with Gasteiger partial charge >= 0.3 is 5.97 Å². The Morgan fingerprint density at radius 1 is 1.23 bits per heavy atom. The fourth-order valence-corrected chi connectivity index (χ4v) is 4.65. The van der Waals surface area contributed by atoms with Crippen LogP contribution in [0.3, 0.4) is 0 Å². The van der Waals surface area contributed by atoms with E-state index in [4.69, 9.17) is 9.84 Å². The molecule has 0 bridgehead atoms. The second-order valence-corrected chi connectivity index (χ2v) is 8.77. The largest absolute Gasteiger partial charge is 0.487 e. The summed E-state index contributed by atoms with van der Waals surface area (Å²) < 4.78 is 5.99. The number of nitriles is 1. The lowest BCUT2D eigenvalue weighted by molar-refractivity contribution is -0.147. The molecule has 0 atom stereocenters. The van der Waals surface area contributed by atoms with Gasteiger partial charge < -0.3 is 9.84 Å². The third-order valence-corrected chi connectivity index (χ3v) is 6.46. The SMILES string of the molecule is Cc1nc(CN2CC(C(=O)O)C2)ccc1OCc1ccc(C2CCCCC2)c(C#N)c1. The third-order valence-electron chi connectivity index (χ3n) is 6.46. The Morgan fingerprint density at radius 2 is 2.00 bits per heavy atom. The van der Waals surface area contributed by atoms with Crippen molar-refractivity contribution in [3.8, 4) is 11.8 Å². The first-order valence-corrected chi connectivity index (χ1v) is 11.1. The highest BCUT2D eigenvalue weighted by atomic mass is 16.5. The lowest BCUT2D eigenvalue weighted by atomic mass is 9.82. The van der Waals surface area contributed by atoms with Crippen LogP contribution < -0.4 is 4.74 Å². The molecule has 1 saturated heterocycles. The normalized spacial score (nSPS) is 17.7. The van der Waals surface area contributed by atoms with Crippen LogP contribution in [-0.2, 0) is 17.9 Å². The van der Waals surface area contributed by atoms with Gasteiger partial charge in [0.05, 0.1) is 28.9 Å². The van der Waals surface area contributed by atoms with Gasteiger partial charge in [0.25, 0.3) is 0 Å². The first kappa shape index (κ1) is 21.3. The maximum atomic E-state index is 10.9. The smallest absolute Gasteiger partial charge is 0.309 e. The Balaban J connectivity index is 1.35. The van der Waals surface area contributed by atoms with E-state index < -0.39 is 5.97 Å². The maximum Gasteiger partial charge on any atom is 0.309 e. The number of nitrogens with zero attached hydrogens (tertiary/aromatic N) is 3. The summed E-state index contributed by atoms with van der Waals surface area (Å²) >= 11 is 0. The molecule has 1 N–H and O–H groups in total. The zero-order valence-electron chi connectivity index (χ0n) is 18.0. The van der Waals surface area contributed by atoms with Crippen molar-refractivity contribution in [2.24, 2.45) is 5.92 Å². The Bertz CT molecular complexity index is 986. The second kappa shape index (κ2) is 9.49. The van der Waals surface area contributed by atoms with Crippen molar-refractivity contribution in [3.63, 3.8) is 0 Å². The van der Waals surface area contributed by atoms with Gasteiger partial charge in [-0.15, -0.1) is 0 Å². The summed E-state index contributed by atoms with van der Waals surface area (Å²) in [5.74, 6) is 0.252. The highest BCUT2D eigenvalue weighted by Crippen LogP contribution is 2.34. The number of aliphatic carboxylic acids is 1. The van der Waals surface area contributed by atoms with Gasteiger partial charge in [-0.05, 0) is 55.0 Å². The molecule has 6 heteroatoms. The molecular weight excluding hydrogens is 390 g/mol. The fourth-order valence-electron chi connectivity index (χ4n) is 4.65. The number of carbonyl (C=O) groups is 1. The second-order valence-electron chi connectivity index (χ2n) is 8.77. The molecule has 0 unspecified atom stereocenters. The monoisotopic (exact) mass is 419 g/mol. The van der Waals surface area contributed by atoms with Gasteiger partial charge in [0, 0.05) is 19.6 Å². The van der Waals surface area contributed by atoms with Crippen molar-refractivity contribution in [2.75, 3.05) is 13.1 Å². The van der Waals surface area contributed by atoms with Crippen LogP contribution in [0.25, 0.3) is 0 Å². The van der Waals surface area contributed by atoms with Crippen LogP contribution in [-0.4, -0.2) is 34.0 Å². The number of aromatic nitrogens is 1. The summed E-state index contributed by atoms with van der Waals surface area (Å²) in [4.78, 5) is 17.6. The lowest BCUT2D eigenvalue weighted by Gasteiger charge is -2.36. The highest BCUT2D eigenvalue weighted by molar-refractivity contribution is 5.71. The summed E-state index contributed by atoms with van der Waals surface area (Å²) in [5, 5.41) is 18.6. The number of carboxylic acids is 1. The summed E-state index contributed by atoms with van der Waals surface area (Å²) in [6, 6.07) is 12.4. The summed E-state index contributed by atoms with van der Waals surface area (Å²) in [5.41, 5.74) is 4.67. The van der Waals surface area contributed by atoms with E-state index in [2.05, 4.69) is 28.1 Å². The Morgan fingerprint density at radius 3 is 2.68 bits per heavy atom. The standard InChI is InChI=1S/C25H29N3O3/c1-17-24(10-8-22(27-17)15-28-13-21(14-28)25(29)30)31-16-18-7-9-23(20(11-18)12-26)19-5-3-2-4-6-19/h7-11,19,21H,2-6,13-16H2,1H3,(H,29,30). The van der Waals surface area contributed by atoms with Gasteiger partial charge in [-0.25, -0.2) is 0 Å². The molecule has 1 aliphatic heterocycles. The number of carboxylic acid groups (broad SMARTS) is 1. The van der Waals surface area contributed by atoms with Crippen molar-refractivity contribution in [3.05, 3.63) is 58.4 Å². The van der Waals surface area contributed by atoms with Gasteiger partial charge in [-0.2, -0.15) is 5.26 Å². The van der Waals surface area contributed by atoms with Crippen molar-refractivity contribution >= 4 is 5.97 Å². The first-order valence-electron chi connectivity index (χ1n) is 11.1. The molecule has 4 rings (SSSR count). The minimum absolute atomic E-state index is 0.258. The molecule has 31 heavy (non-hydrogen) atoms. The van der Waals surface area contributed by atoms with Crippen LogP contribution in [0, 0.1) is 24.2 Å². The number of likely N-dealkylation sites (tertiary alicyclic amines) is 1. The molecular formula is C25H29N3O3. The van der Waals surface area contributed by atoms with Gasteiger partial charge in [-0.1, -0.05) is 31.4 Å². The van der Waals surface area contributed by atoms with E-state index in [0.717, 1.165) is 28.3 Å². The molecule has 1 aromatic heterocycles. The van der Waals surface area contributed by atoms with Crippen LogP contribution in [0.4, 0.5) is 0 Å². The van der Waals surface area contributed by atoms with Gasteiger partial charge in [0.1, 0.15) is 12.4 Å². The zero-order chi connectivity index (χ0) is 21.8. The zero-order valence-corrected chi connectivity index (χ0v) is 18.0. The fraction of sp³-hybridized carbons (Fsp3) is 0.480. The van der Waals surface area contributed by atoms with Crippen LogP contribution in [0.5, 0.6) is 5.75 Å². The molecule has 0 amide bonds. The Kier molecular flexibility index (Phi) is 6.53. The van der Waals surface area contributed by atoms with Crippen LogP contribution in [0.1, 0.15) is 66.1 Å². The number of rotatable bonds is 7. The topological polar surface area (TPSA) is 86.5 Å². The van der Waals surface area contributed by atoms with Crippen molar-refractivity contribution in [1.82, 2.24) is 9.88 Å². The van der Waals surface area contributed by atoms with Crippen molar-refractivity contribution < 1.29 is 14.6 Å². The van der Waals surface area contributed by atoms with E-state index in [0.29, 0.717) is 32.2 Å². The van der Waals surface area contributed by atoms with E-state index in [-0.39, 0.29) is 5.92 Å². The van der Waals surface area contributed by atoms with Crippen LogP contribution in [0.2, 0.25) is 0 Å². The lowest BCUT2D eigenvalue weighted by Crippen LogP contribution is -2.49. The van der Waals surface area contributed by atoms with E-state index in [9.17, 15) is 10.1 Å². The molecule has 2 aliphatic rings. The van der Waals surface area contributed by atoms with Crippen molar-refractivity contribution in [2.45, 2.75) is 58.1 Å². The quantitative estimate of drug-likeness (QED) is 0.716. The number of pyridine rings is 1.